The number of benzene rings is 3. The molecule has 0 spiro atoms. The summed E-state index contributed by atoms with van der Waals surface area (Å²) in [6.07, 6.45) is 3.48. The number of rotatable bonds is 8. The van der Waals surface area contributed by atoms with Gasteiger partial charge in [-0.15, -0.1) is 12.4 Å². The summed E-state index contributed by atoms with van der Waals surface area (Å²) in [6, 6.07) is 19.4. The van der Waals surface area contributed by atoms with Crippen molar-refractivity contribution in [3.63, 3.8) is 0 Å². The Morgan fingerprint density at radius 3 is 2.24 bits per heavy atom. The van der Waals surface area contributed by atoms with Crippen molar-refractivity contribution in [2.24, 2.45) is 11.5 Å². The number of nitrogens with two attached hydrogens (primary N) is 2. The number of hydrogen-bond acceptors (Lipinski definition) is 5. The van der Waals surface area contributed by atoms with Gasteiger partial charge in [-0.1, -0.05) is 18.2 Å². The zero-order chi connectivity index (χ0) is 26.9. The summed E-state index contributed by atoms with van der Waals surface area (Å²) in [5.74, 6) is -1.16. The Morgan fingerprint density at radius 1 is 0.947 bits per heavy atom. The second-order valence-electron chi connectivity index (χ2n) is 9.05. The second kappa shape index (κ2) is 14.2. The number of carboxylic acids is 1. The van der Waals surface area contributed by atoms with E-state index in [2.05, 4.69) is 0 Å². The van der Waals surface area contributed by atoms with Crippen LogP contribution >= 0.6 is 12.4 Å². The molecule has 0 aliphatic heterocycles. The number of primary amides is 1. The van der Waals surface area contributed by atoms with Crippen molar-refractivity contribution in [2.75, 3.05) is 11.4 Å². The Hall–Kier alpha value is -3.88. The first-order chi connectivity index (χ1) is 17.7. The lowest BCUT2D eigenvalue weighted by molar-refractivity contribution is -0.135. The Bertz CT molecular complexity index is 1260. The Kier molecular flexibility index (Phi) is 11.3. The van der Waals surface area contributed by atoms with Gasteiger partial charge in [-0.3, -0.25) is 19.3 Å². The van der Waals surface area contributed by atoms with E-state index in [1.165, 1.54) is 22.4 Å². The summed E-state index contributed by atoms with van der Waals surface area (Å²) in [4.78, 5) is 36.1. The van der Waals surface area contributed by atoms with E-state index in [-0.39, 0.29) is 24.4 Å². The largest absolute Gasteiger partial charge is 0.491 e. The molecule has 0 radical (unpaired) electrons. The van der Waals surface area contributed by atoms with E-state index in [0.29, 0.717) is 29.1 Å². The van der Waals surface area contributed by atoms with Crippen LogP contribution in [-0.2, 0) is 24.2 Å². The molecule has 0 unspecified atom stereocenters. The molecule has 0 atom stereocenters. The lowest BCUT2D eigenvalue weighted by Gasteiger charge is -2.22. The fourth-order valence-electron chi connectivity index (χ4n) is 4.10. The van der Waals surface area contributed by atoms with Crippen molar-refractivity contribution in [1.29, 1.82) is 0 Å². The average Bonchev–Trinajstić information content (AvgIpc) is 3.35. The molecular weight excluding hydrogens is 506 g/mol. The predicted octanol–water partition coefficient (Wildman–Crippen LogP) is 4.36. The summed E-state index contributed by atoms with van der Waals surface area (Å²) in [5, 5.41) is 9.18. The van der Waals surface area contributed by atoms with Crippen LogP contribution in [0.1, 0.15) is 57.7 Å². The van der Waals surface area contributed by atoms with E-state index < -0.39 is 18.4 Å². The van der Waals surface area contributed by atoms with E-state index in [4.69, 9.17) is 16.2 Å². The standard InChI is InChI=1S/C19H22N2O4.C10H11NO.ClH/c1-13(2)25-17-8-6-16(7-9-17)21(12-18(22)23)19(24)15-5-3-4-14(10-15)11-20;11-10(12)9-5-4-7-2-1-3-8(7)6-9;/h3-10,13H,11-12,20H2,1-2H3,(H,22,23);4-6H,1-3H2,(H2,11,12);1H. The summed E-state index contributed by atoms with van der Waals surface area (Å²) in [5.41, 5.74) is 15.8. The van der Waals surface area contributed by atoms with Crippen molar-refractivity contribution in [1.82, 2.24) is 0 Å². The highest BCUT2D eigenvalue weighted by Gasteiger charge is 2.21. The molecule has 8 nitrogen and oxygen atoms in total. The van der Waals surface area contributed by atoms with Crippen LogP contribution < -0.4 is 21.1 Å². The minimum Gasteiger partial charge on any atom is -0.491 e. The fraction of sp³-hybridized carbons (Fsp3) is 0.276. The number of fused-ring (bicyclic) bond motifs is 1. The molecule has 0 saturated heterocycles. The SMILES string of the molecule is CC(C)Oc1ccc(N(CC(=O)O)C(=O)c2cccc(CN)c2)cc1.Cl.NC(=O)c1ccc2c(c1)CCC2. The molecule has 3 aromatic rings. The number of amides is 2. The smallest absolute Gasteiger partial charge is 0.323 e. The van der Waals surface area contributed by atoms with E-state index in [1.807, 2.05) is 38.1 Å². The Labute approximate surface area is 229 Å². The molecule has 5 N–H and O–H groups in total. The highest BCUT2D eigenvalue weighted by atomic mass is 35.5. The van der Waals surface area contributed by atoms with Crippen LogP contribution in [-0.4, -0.2) is 35.5 Å². The summed E-state index contributed by atoms with van der Waals surface area (Å²) < 4.78 is 5.57. The van der Waals surface area contributed by atoms with E-state index in [0.717, 1.165) is 18.4 Å². The number of aryl methyl sites for hydroxylation is 2. The first-order valence-electron chi connectivity index (χ1n) is 12.2. The molecule has 3 aromatic carbocycles. The third-order valence-electron chi connectivity index (χ3n) is 5.85. The fourth-order valence-corrected chi connectivity index (χ4v) is 4.10. The number of carbonyl (C=O) groups excluding carboxylic acids is 2. The van der Waals surface area contributed by atoms with Gasteiger partial charge in [-0.05, 0) is 98.3 Å². The summed E-state index contributed by atoms with van der Waals surface area (Å²) in [7, 11) is 0. The van der Waals surface area contributed by atoms with Crippen molar-refractivity contribution in [2.45, 2.75) is 45.8 Å². The van der Waals surface area contributed by atoms with Gasteiger partial charge >= 0.3 is 5.97 Å². The first-order valence-corrected chi connectivity index (χ1v) is 12.2. The molecule has 202 valence electrons. The minimum atomic E-state index is -1.09. The lowest BCUT2D eigenvalue weighted by atomic mass is 10.1. The highest BCUT2D eigenvalue weighted by molar-refractivity contribution is 6.08. The van der Waals surface area contributed by atoms with Gasteiger partial charge < -0.3 is 21.3 Å². The molecule has 9 heteroatoms. The van der Waals surface area contributed by atoms with Crippen LogP contribution in [0.4, 0.5) is 5.69 Å². The lowest BCUT2D eigenvalue weighted by Crippen LogP contribution is -2.35. The zero-order valence-corrected chi connectivity index (χ0v) is 22.4. The van der Waals surface area contributed by atoms with Crippen LogP contribution in [0.25, 0.3) is 0 Å². The molecule has 1 aliphatic rings. The molecule has 0 heterocycles. The van der Waals surface area contributed by atoms with Gasteiger partial charge in [-0.2, -0.15) is 0 Å². The third kappa shape index (κ3) is 8.33. The molecule has 0 saturated carbocycles. The molecule has 0 aromatic heterocycles. The molecule has 2 amide bonds. The highest BCUT2D eigenvalue weighted by Crippen LogP contribution is 2.23. The van der Waals surface area contributed by atoms with Gasteiger partial charge in [0.1, 0.15) is 12.3 Å². The minimum absolute atomic E-state index is 0. The summed E-state index contributed by atoms with van der Waals surface area (Å²) >= 11 is 0. The first kappa shape index (κ1) is 30.3. The molecule has 38 heavy (non-hydrogen) atoms. The van der Waals surface area contributed by atoms with Crippen LogP contribution in [0.3, 0.4) is 0 Å². The Morgan fingerprint density at radius 2 is 1.63 bits per heavy atom. The maximum atomic E-state index is 12.8. The van der Waals surface area contributed by atoms with Crippen molar-refractivity contribution in [3.05, 3.63) is 94.5 Å². The van der Waals surface area contributed by atoms with Gasteiger partial charge in [0.15, 0.2) is 0 Å². The molecule has 1 aliphatic carbocycles. The van der Waals surface area contributed by atoms with E-state index >= 15 is 0 Å². The van der Waals surface area contributed by atoms with Crippen molar-refractivity contribution in [3.8, 4) is 5.75 Å². The average molecular weight is 540 g/mol. The van der Waals surface area contributed by atoms with Gasteiger partial charge in [0.25, 0.3) is 5.91 Å². The number of nitrogens with zero attached hydrogens (tertiary/aromatic N) is 1. The number of carbonyl (C=O) groups is 3. The van der Waals surface area contributed by atoms with Gasteiger partial charge in [0.05, 0.1) is 6.10 Å². The number of hydrogen-bond donors (Lipinski definition) is 3. The molecule has 0 fully saturated rings. The zero-order valence-electron chi connectivity index (χ0n) is 21.6. The predicted molar refractivity (Wildman–Crippen MR) is 150 cm³/mol. The second-order valence-corrected chi connectivity index (χ2v) is 9.05. The number of ether oxygens (including phenoxy) is 1. The Balaban J connectivity index is 0.000000325. The van der Waals surface area contributed by atoms with E-state index in [1.54, 1.807) is 42.5 Å². The van der Waals surface area contributed by atoms with Crippen molar-refractivity contribution >= 4 is 35.9 Å². The van der Waals surface area contributed by atoms with Gasteiger partial charge in [-0.25, -0.2) is 0 Å². The van der Waals surface area contributed by atoms with Crippen molar-refractivity contribution < 1.29 is 24.2 Å². The number of halogens is 1. The normalized spacial score (nSPS) is 11.5. The topological polar surface area (TPSA) is 136 Å². The van der Waals surface area contributed by atoms with Gasteiger partial charge in [0, 0.05) is 23.4 Å². The molecule has 0 bridgehead atoms. The molecular formula is C29H34ClN3O5. The maximum absolute atomic E-state index is 12.8. The van der Waals surface area contributed by atoms with E-state index in [9.17, 15) is 19.5 Å². The number of carboxylic acid groups (broad SMARTS) is 1. The quantitative estimate of drug-likeness (QED) is 0.389. The van der Waals surface area contributed by atoms with Crippen LogP contribution in [0.15, 0.2) is 66.7 Å². The van der Waals surface area contributed by atoms with Crippen LogP contribution in [0, 0.1) is 0 Å². The third-order valence-corrected chi connectivity index (χ3v) is 5.85. The van der Waals surface area contributed by atoms with Gasteiger partial charge in [0.2, 0.25) is 5.91 Å². The summed E-state index contributed by atoms with van der Waals surface area (Å²) in [6.45, 7) is 3.70. The monoisotopic (exact) mass is 539 g/mol. The maximum Gasteiger partial charge on any atom is 0.323 e. The number of aliphatic carboxylic acids is 1. The van der Waals surface area contributed by atoms with Crippen LogP contribution in [0.5, 0.6) is 5.75 Å². The molecule has 4 rings (SSSR count). The number of anilines is 1. The van der Waals surface area contributed by atoms with Crippen LogP contribution in [0.2, 0.25) is 0 Å².